The van der Waals surface area contributed by atoms with Crippen molar-refractivity contribution in [1.29, 1.82) is 0 Å². The summed E-state index contributed by atoms with van der Waals surface area (Å²) in [5.41, 5.74) is 3.03. The molecule has 5 heteroatoms. The lowest BCUT2D eigenvalue weighted by Gasteiger charge is -2.37. The Balaban J connectivity index is 1.34. The predicted octanol–water partition coefficient (Wildman–Crippen LogP) is 4.37. The summed E-state index contributed by atoms with van der Waals surface area (Å²) in [5, 5.41) is 0. The summed E-state index contributed by atoms with van der Waals surface area (Å²) in [7, 11) is 0. The van der Waals surface area contributed by atoms with Crippen LogP contribution in [-0.4, -0.2) is 52.9 Å². The molecule has 5 nitrogen and oxygen atoms in total. The van der Waals surface area contributed by atoms with E-state index in [-0.39, 0.29) is 5.92 Å². The van der Waals surface area contributed by atoms with Gasteiger partial charge in [0.05, 0.1) is 18.1 Å². The Morgan fingerprint density at radius 3 is 2.27 bits per heavy atom. The van der Waals surface area contributed by atoms with Crippen molar-refractivity contribution >= 4 is 11.6 Å². The van der Waals surface area contributed by atoms with Crippen molar-refractivity contribution in [3.8, 4) is 11.3 Å². The summed E-state index contributed by atoms with van der Waals surface area (Å²) in [6, 6.07) is 8.86. The predicted molar refractivity (Wildman–Crippen MR) is 122 cm³/mol. The molecule has 1 aliphatic heterocycles. The van der Waals surface area contributed by atoms with Crippen LogP contribution in [0, 0.1) is 5.92 Å². The minimum atomic E-state index is 0.277. The first-order valence-electron chi connectivity index (χ1n) is 11.5. The molecule has 4 rings (SSSR count). The first kappa shape index (κ1) is 21.0. The molecule has 1 aromatic carbocycles. The molecule has 2 fully saturated rings. The molecule has 0 radical (unpaired) electrons. The van der Waals surface area contributed by atoms with Gasteiger partial charge in [0.15, 0.2) is 0 Å². The van der Waals surface area contributed by atoms with Crippen LogP contribution in [0.15, 0.2) is 36.7 Å². The van der Waals surface area contributed by atoms with Gasteiger partial charge in [-0.15, -0.1) is 0 Å². The molecule has 0 unspecified atom stereocenters. The van der Waals surface area contributed by atoms with E-state index in [1.807, 2.05) is 12.4 Å². The van der Waals surface area contributed by atoms with E-state index in [9.17, 15) is 4.79 Å². The highest BCUT2D eigenvalue weighted by Crippen LogP contribution is 2.26. The number of Topliss-reactive ketones (excluding diaryl/α,β-unsaturated/α-hetero) is 1. The molecule has 2 aromatic rings. The smallest absolute Gasteiger partial charge is 0.147 e. The fraction of sp³-hybridized carbons (Fsp3) is 0.560. The second kappa shape index (κ2) is 9.69. The molecule has 2 heterocycles. The van der Waals surface area contributed by atoms with E-state index in [2.05, 4.69) is 57.9 Å². The Bertz CT molecular complexity index is 817. The lowest BCUT2D eigenvalue weighted by molar-refractivity contribution is -0.123. The molecule has 1 aromatic heterocycles. The maximum Gasteiger partial charge on any atom is 0.147 e. The van der Waals surface area contributed by atoms with Crippen LogP contribution in [-0.2, 0) is 11.2 Å². The molecule has 0 amide bonds. The summed E-state index contributed by atoms with van der Waals surface area (Å²) >= 11 is 0. The Morgan fingerprint density at radius 1 is 0.967 bits per heavy atom. The minimum Gasteiger partial charge on any atom is -0.353 e. The van der Waals surface area contributed by atoms with Gasteiger partial charge in [-0.05, 0) is 32.3 Å². The lowest BCUT2D eigenvalue weighted by Crippen LogP contribution is -2.49. The molecule has 1 saturated heterocycles. The standard InChI is InChI=1S/C25H34N4O/c1-19(2)28-12-14-29(15-13-28)25-18-26-23(17-27-25)21-10-8-20(9-11-21)16-24(30)22-6-4-3-5-7-22/h8-11,17-19,22H,3-7,12-16H2,1-2H3. The van der Waals surface area contributed by atoms with Crippen LogP contribution in [0.1, 0.15) is 51.5 Å². The minimum absolute atomic E-state index is 0.277. The largest absolute Gasteiger partial charge is 0.353 e. The Hall–Kier alpha value is -2.27. The number of carbonyl (C=O) groups excluding carboxylic acids is 1. The third-order valence-electron chi connectivity index (χ3n) is 6.70. The van der Waals surface area contributed by atoms with E-state index in [1.54, 1.807) is 0 Å². The van der Waals surface area contributed by atoms with E-state index in [1.165, 1.54) is 19.3 Å². The zero-order valence-corrected chi connectivity index (χ0v) is 18.4. The number of rotatable bonds is 6. The van der Waals surface area contributed by atoms with Gasteiger partial charge in [-0.1, -0.05) is 43.5 Å². The Labute approximate surface area is 180 Å². The Kier molecular flexibility index (Phi) is 6.78. The van der Waals surface area contributed by atoms with Crippen LogP contribution in [0.3, 0.4) is 0 Å². The molecule has 0 spiro atoms. The highest BCUT2D eigenvalue weighted by molar-refractivity contribution is 5.83. The molecule has 160 valence electrons. The number of hydrogen-bond acceptors (Lipinski definition) is 5. The topological polar surface area (TPSA) is 49.3 Å². The average molecular weight is 407 g/mol. The second-order valence-corrected chi connectivity index (χ2v) is 9.05. The molecular formula is C25H34N4O. The third kappa shape index (κ3) is 5.07. The van der Waals surface area contributed by atoms with E-state index in [0.29, 0.717) is 18.2 Å². The van der Waals surface area contributed by atoms with Gasteiger partial charge < -0.3 is 4.90 Å². The zero-order valence-electron chi connectivity index (χ0n) is 18.4. The Morgan fingerprint density at radius 2 is 1.67 bits per heavy atom. The van der Waals surface area contributed by atoms with Gasteiger partial charge in [0.25, 0.3) is 0 Å². The van der Waals surface area contributed by atoms with Crippen LogP contribution < -0.4 is 4.90 Å². The first-order valence-corrected chi connectivity index (χ1v) is 11.5. The van der Waals surface area contributed by atoms with Crippen LogP contribution >= 0.6 is 0 Å². The number of anilines is 1. The number of nitrogens with zero attached hydrogens (tertiary/aromatic N) is 4. The second-order valence-electron chi connectivity index (χ2n) is 9.05. The monoisotopic (exact) mass is 406 g/mol. The summed E-state index contributed by atoms with van der Waals surface area (Å²) in [5.74, 6) is 1.64. The molecule has 1 aliphatic carbocycles. The van der Waals surface area contributed by atoms with Crippen molar-refractivity contribution in [2.75, 3.05) is 31.1 Å². The summed E-state index contributed by atoms with van der Waals surface area (Å²) in [6.07, 6.45) is 10.2. The van der Waals surface area contributed by atoms with Gasteiger partial charge in [-0.25, -0.2) is 4.98 Å². The maximum absolute atomic E-state index is 12.5. The van der Waals surface area contributed by atoms with Gasteiger partial charge in [0.1, 0.15) is 11.6 Å². The van der Waals surface area contributed by atoms with Crippen LogP contribution in [0.5, 0.6) is 0 Å². The van der Waals surface area contributed by atoms with Crippen LogP contribution in [0.2, 0.25) is 0 Å². The van der Waals surface area contributed by atoms with Crippen molar-refractivity contribution in [2.24, 2.45) is 5.92 Å². The van der Waals surface area contributed by atoms with E-state index < -0.39 is 0 Å². The molecular weight excluding hydrogens is 372 g/mol. The van der Waals surface area contributed by atoms with Crippen molar-refractivity contribution < 1.29 is 4.79 Å². The van der Waals surface area contributed by atoms with Gasteiger partial charge in [0, 0.05) is 50.1 Å². The molecule has 2 aliphatic rings. The van der Waals surface area contributed by atoms with Crippen molar-refractivity contribution in [3.63, 3.8) is 0 Å². The number of piperazine rings is 1. The van der Waals surface area contributed by atoms with Crippen LogP contribution in [0.25, 0.3) is 11.3 Å². The number of aromatic nitrogens is 2. The van der Waals surface area contributed by atoms with Gasteiger partial charge in [-0.2, -0.15) is 0 Å². The fourth-order valence-corrected chi connectivity index (χ4v) is 4.66. The number of ketones is 1. The van der Waals surface area contributed by atoms with E-state index in [4.69, 9.17) is 0 Å². The molecule has 0 bridgehead atoms. The normalized spacial score (nSPS) is 18.7. The fourth-order valence-electron chi connectivity index (χ4n) is 4.66. The van der Waals surface area contributed by atoms with Crippen LogP contribution in [0.4, 0.5) is 5.82 Å². The zero-order chi connectivity index (χ0) is 20.9. The number of carbonyl (C=O) groups is 1. The highest BCUT2D eigenvalue weighted by Gasteiger charge is 2.21. The van der Waals surface area contributed by atoms with Gasteiger partial charge >= 0.3 is 0 Å². The first-order chi connectivity index (χ1) is 14.6. The SMILES string of the molecule is CC(C)N1CCN(c2cnc(-c3ccc(CC(=O)C4CCCCC4)cc3)cn2)CC1. The summed E-state index contributed by atoms with van der Waals surface area (Å²) in [6.45, 7) is 8.64. The third-order valence-corrected chi connectivity index (χ3v) is 6.70. The van der Waals surface area contributed by atoms with Crippen molar-refractivity contribution in [1.82, 2.24) is 14.9 Å². The summed E-state index contributed by atoms with van der Waals surface area (Å²) < 4.78 is 0. The molecule has 0 N–H and O–H groups in total. The quantitative estimate of drug-likeness (QED) is 0.713. The van der Waals surface area contributed by atoms with Gasteiger partial charge in [-0.3, -0.25) is 14.7 Å². The maximum atomic E-state index is 12.5. The lowest BCUT2D eigenvalue weighted by atomic mass is 9.84. The molecule has 30 heavy (non-hydrogen) atoms. The van der Waals surface area contributed by atoms with Crippen molar-refractivity contribution in [2.45, 2.75) is 58.4 Å². The van der Waals surface area contributed by atoms with Crippen molar-refractivity contribution in [3.05, 3.63) is 42.2 Å². The van der Waals surface area contributed by atoms with E-state index >= 15 is 0 Å². The number of benzene rings is 1. The molecule has 1 saturated carbocycles. The van der Waals surface area contributed by atoms with Gasteiger partial charge in [0.2, 0.25) is 0 Å². The highest BCUT2D eigenvalue weighted by atomic mass is 16.1. The number of hydrogen-bond donors (Lipinski definition) is 0. The molecule has 0 atom stereocenters. The summed E-state index contributed by atoms with van der Waals surface area (Å²) in [4.78, 5) is 26.7. The average Bonchev–Trinajstić information content (AvgIpc) is 2.80. The van der Waals surface area contributed by atoms with E-state index in [0.717, 1.165) is 61.7 Å².